The molecule has 9 heteroatoms. The molecular formula is C16H14F3N3O3. The van der Waals surface area contributed by atoms with Crippen LogP contribution in [0.4, 0.5) is 18.9 Å². The Morgan fingerprint density at radius 1 is 1.20 bits per heavy atom. The van der Waals surface area contributed by atoms with Crippen molar-refractivity contribution in [1.29, 1.82) is 0 Å². The van der Waals surface area contributed by atoms with Crippen molar-refractivity contribution in [3.05, 3.63) is 54.0 Å². The molecule has 0 spiro atoms. The smallest absolute Gasteiger partial charge is 0.416 e. The molecule has 2 aromatic rings. The first-order chi connectivity index (χ1) is 11.8. The highest BCUT2D eigenvalue weighted by molar-refractivity contribution is 6.06. The van der Waals surface area contributed by atoms with Crippen LogP contribution in [-0.2, 0) is 11.0 Å². The summed E-state index contributed by atoms with van der Waals surface area (Å²) in [5.41, 5.74) is 1.64. The summed E-state index contributed by atoms with van der Waals surface area (Å²) in [6.07, 6.45) is -3.36. The van der Waals surface area contributed by atoms with E-state index in [-0.39, 0.29) is 23.6 Å². The molecule has 0 bridgehead atoms. The fourth-order valence-electron chi connectivity index (χ4n) is 1.86. The van der Waals surface area contributed by atoms with Crippen molar-refractivity contribution in [3.63, 3.8) is 0 Å². The lowest BCUT2D eigenvalue weighted by Gasteiger charge is -2.09. The molecule has 0 radical (unpaired) electrons. The maximum absolute atomic E-state index is 12.6. The Bertz CT molecular complexity index is 783. The van der Waals surface area contributed by atoms with Crippen LogP contribution >= 0.6 is 0 Å². The van der Waals surface area contributed by atoms with Gasteiger partial charge in [0.05, 0.1) is 18.2 Å². The van der Waals surface area contributed by atoms with Crippen LogP contribution in [0.2, 0.25) is 0 Å². The number of hydrogen-bond acceptors (Lipinski definition) is 4. The summed E-state index contributed by atoms with van der Waals surface area (Å²) in [6.45, 7) is 1.49. The van der Waals surface area contributed by atoms with Crippen molar-refractivity contribution >= 4 is 23.2 Å². The minimum Gasteiger partial charge on any atom is -0.459 e. The molecule has 0 aliphatic heterocycles. The van der Waals surface area contributed by atoms with Gasteiger partial charge in [0.15, 0.2) is 5.76 Å². The van der Waals surface area contributed by atoms with E-state index in [0.717, 1.165) is 12.1 Å². The van der Waals surface area contributed by atoms with Gasteiger partial charge in [-0.2, -0.15) is 18.3 Å². The van der Waals surface area contributed by atoms with E-state index < -0.39 is 23.6 Å². The van der Waals surface area contributed by atoms with Crippen molar-refractivity contribution in [1.82, 2.24) is 5.43 Å². The molecule has 2 amide bonds. The lowest BCUT2D eigenvalue weighted by Crippen LogP contribution is -2.21. The van der Waals surface area contributed by atoms with E-state index in [1.54, 1.807) is 0 Å². The minimum atomic E-state index is -4.49. The van der Waals surface area contributed by atoms with Crippen molar-refractivity contribution in [2.24, 2.45) is 5.10 Å². The van der Waals surface area contributed by atoms with E-state index in [4.69, 9.17) is 4.42 Å². The van der Waals surface area contributed by atoms with Crippen molar-refractivity contribution in [2.45, 2.75) is 19.5 Å². The molecule has 0 unspecified atom stereocenters. The molecule has 1 aromatic heterocycles. The molecule has 0 saturated carbocycles. The number of nitrogens with one attached hydrogen (secondary N) is 2. The number of carbonyl (C=O) groups is 2. The highest BCUT2D eigenvalue weighted by Crippen LogP contribution is 2.30. The summed E-state index contributed by atoms with van der Waals surface area (Å²) in [4.78, 5) is 23.5. The summed E-state index contributed by atoms with van der Waals surface area (Å²) >= 11 is 0. The molecule has 25 heavy (non-hydrogen) atoms. The quantitative estimate of drug-likeness (QED) is 0.638. The molecule has 0 fully saturated rings. The third kappa shape index (κ3) is 5.48. The Hall–Kier alpha value is -3.10. The van der Waals surface area contributed by atoms with Gasteiger partial charge in [-0.3, -0.25) is 9.59 Å². The number of hydrogen-bond donors (Lipinski definition) is 2. The topological polar surface area (TPSA) is 83.7 Å². The molecule has 1 aromatic carbocycles. The van der Waals surface area contributed by atoms with Gasteiger partial charge >= 0.3 is 12.1 Å². The average Bonchev–Trinajstić information content (AvgIpc) is 3.06. The van der Waals surface area contributed by atoms with Crippen LogP contribution in [0.5, 0.6) is 0 Å². The lowest BCUT2D eigenvalue weighted by atomic mass is 10.2. The van der Waals surface area contributed by atoms with Crippen LogP contribution in [0.25, 0.3) is 0 Å². The Morgan fingerprint density at radius 3 is 2.60 bits per heavy atom. The van der Waals surface area contributed by atoms with Crippen LogP contribution in [0.3, 0.4) is 0 Å². The maximum Gasteiger partial charge on any atom is 0.416 e. The second-order valence-corrected chi connectivity index (χ2v) is 5.07. The van der Waals surface area contributed by atoms with E-state index in [1.165, 1.54) is 37.5 Å². The zero-order valence-corrected chi connectivity index (χ0v) is 13.1. The molecule has 0 aliphatic carbocycles. The molecule has 0 atom stereocenters. The van der Waals surface area contributed by atoms with Gasteiger partial charge in [0.25, 0.3) is 0 Å². The lowest BCUT2D eigenvalue weighted by molar-refractivity contribution is -0.137. The number of rotatable bonds is 5. The number of nitrogens with zero attached hydrogens (tertiary/aromatic N) is 1. The van der Waals surface area contributed by atoms with Crippen LogP contribution < -0.4 is 10.7 Å². The second kappa shape index (κ2) is 7.65. The average molecular weight is 353 g/mol. The minimum absolute atomic E-state index is 0.0206. The van der Waals surface area contributed by atoms with E-state index in [0.29, 0.717) is 0 Å². The highest BCUT2D eigenvalue weighted by Gasteiger charge is 2.30. The van der Waals surface area contributed by atoms with Gasteiger partial charge in [-0.05, 0) is 37.3 Å². The fraction of sp³-hybridized carbons (Fsp3) is 0.188. The predicted octanol–water partition coefficient (Wildman–Crippen LogP) is 3.43. The molecule has 6 nitrogen and oxygen atoms in total. The fourth-order valence-corrected chi connectivity index (χ4v) is 1.86. The summed E-state index contributed by atoms with van der Waals surface area (Å²) in [5.74, 6) is -1.08. The number of benzene rings is 1. The number of hydrazone groups is 1. The largest absolute Gasteiger partial charge is 0.459 e. The van der Waals surface area contributed by atoms with Gasteiger partial charge in [-0.15, -0.1) is 0 Å². The summed E-state index contributed by atoms with van der Waals surface area (Å²) < 4.78 is 42.8. The first kappa shape index (κ1) is 18.2. The Kier molecular flexibility index (Phi) is 5.58. The van der Waals surface area contributed by atoms with Gasteiger partial charge in [0, 0.05) is 11.4 Å². The zero-order valence-electron chi connectivity index (χ0n) is 13.1. The van der Waals surface area contributed by atoms with Crippen LogP contribution in [0.15, 0.2) is 52.2 Å². The number of alkyl halides is 3. The van der Waals surface area contributed by atoms with Crippen LogP contribution in [0, 0.1) is 0 Å². The van der Waals surface area contributed by atoms with Crippen LogP contribution in [-0.4, -0.2) is 17.5 Å². The first-order valence-corrected chi connectivity index (χ1v) is 7.10. The Labute approximate surface area is 140 Å². The standard InChI is InChI=1S/C16H14F3N3O3/c1-10(21-22-15(24)13-6-3-7-25-13)8-14(23)20-12-5-2-4-11(9-12)16(17,18)19/h2-7,9H,8H2,1H3,(H,20,23)(H,22,24)/b21-10+. The zero-order chi connectivity index (χ0) is 18.4. The molecule has 2 N–H and O–H groups in total. The van der Waals surface area contributed by atoms with Gasteiger partial charge < -0.3 is 9.73 Å². The molecule has 0 saturated heterocycles. The van der Waals surface area contributed by atoms with Crippen molar-refractivity contribution < 1.29 is 27.2 Å². The van der Waals surface area contributed by atoms with Crippen molar-refractivity contribution in [3.8, 4) is 0 Å². The third-order valence-corrected chi connectivity index (χ3v) is 2.98. The second-order valence-electron chi connectivity index (χ2n) is 5.07. The Balaban J connectivity index is 1.91. The van der Waals surface area contributed by atoms with E-state index in [1.807, 2.05) is 0 Å². The summed E-state index contributed by atoms with van der Waals surface area (Å²) in [6, 6.07) is 7.27. The van der Waals surface area contributed by atoms with E-state index in [2.05, 4.69) is 15.8 Å². The summed E-state index contributed by atoms with van der Waals surface area (Å²) in [7, 11) is 0. The molecule has 0 aliphatic rings. The van der Waals surface area contributed by atoms with E-state index >= 15 is 0 Å². The highest BCUT2D eigenvalue weighted by atomic mass is 19.4. The molecule has 2 rings (SSSR count). The Morgan fingerprint density at radius 2 is 1.96 bits per heavy atom. The first-order valence-electron chi connectivity index (χ1n) is 7.10. The monoisotopic (exact) mass is 353 g/mol. The molecule has 132 valence electrons. The number of furan rings is 1. The van der Waals surface area contributed by atoms with Gasteiger partial charge in [0.2, 0.25) is 5.91 Å². The number of halogens is 3. The summed E-state index contributed by atoms with van der Waals surface area (Å²) in [5, 5.41) is 6.08. The normalized spacial score (nSPS) is 11.9. The maximum atomic E-state index is 12.6. The number of carbonyl (C=O) groups excluding carboxylic acids is 2. The van der Waals surface area contributed by atoms with Gasteiger partial charge in [0.1, 0.15) is 0 Å². The molecular weight excluding hydrogens is 339 g/mol. The number of amides is 2. The van der Waals surface area contributed by atoms with Crippen LogP contribution in [0.1, 0.15) is 29.5 Å². The predicted molar refractivity (Wildman–Crippen MR) is 84.0 cm³/mol. The SMILES string of the molecule is C/C(CC(=O)Nc1cccc(C(F)(F)F)c1)=N\NC(=O)c1ccco1. The van der Waals surface area contributed by atoms with Crippen molar-refractivity contribution in [2.75, 3.05) is 5.32 Å². The third-order valence-electron chi connectivity index (χ3n) is 2.98. The van der Waals surface area contributed by atoms with Gasteiger partial charge in [-0.1, -0.05) is 6.07 Å². The van der Waals surface area contributed by atoms with E-state index in [9.17, 15) is 22.8 Å². The molecule has 1 heterocycles. The number of anilines is 1. The van der Waals surface area contributed by atoms with Gasteiger partial charge in [-0.25, -0.2) is 5.43 Å².